The fraction of sp³-hybridized carbons (Fsp3) is 0.538. The zero-order chi connectivity index (χ0) is 14.6. The summed E-state index contributed by atoms with van der Waals surface area (Å²) in [6.45, 7) is 7.45. The maximum Gasteiger partial charge on any atom is 0.233 e. The summed E-state index contributed by atoms with van der Waals surface area (Å²) in [5, 5.41) is 11.6. The number of aryl methyl sites for hydroxylation is 2. The Hall–Kier alpha value is -2.18. The Morgan fingerprint density at radius 2 is 2.05 bits per heavy atom. The number of carbonyl (C=O) groups is 2. The van der Waals surface area contributed by atoms with Crippen molar-refractivity contribution in [3.8, 4) is 0 Å². The molecule has 0 radical (unpaired) electrons. The summed E-state index contributed by atoms with van der Waals surface area (Å²) in [6.07, 6.45) is 0.272. The van der Waals surface area contributed by atoms with E-state index in [9.17, 15) is 9.59 Å². The molecule has 1 saturated heterocycles. The lowest BCUT2D eigenvalue weighted by Gasteiger charge is -2.20. The van der Waals surface area contributed by atoms with E-state index in [1.54, 1.807) is 18.4 Å². The fourth-order valence-electron chi connectivity index (χ4n) is 2.66. The third-order valence-electron chi connectivity index (χ3n) is 4.02. The fourth-order valence-corrected chi connectivity index (χ4v) is 2.66. The topological polar surface area (TPSA) is 83.4 Å². The van der Waals surface area contributed by atoms with Gasteiger partial charge in [-0.1, -0.05) is 6.92 Å². The minimum absolute atomic E-state index is 0.140. The van der Waals surface area contributed by atoms with Gasteiger partial charge in [-0.15, -0.1) is 0 Å². The zero-order valence-electron chi connectivity index (χ0n) is 12.0. The predicted octanol–water partition coefficient (Wildman–Crippen LogP) is 1.13. The number of aromatic amines is 1. The van der Waals surface area contributed by atoms with Gasteiger partial charge in [0, 0.05) is 17.9 Å². The quantitative estimate of drug-likeness (QED) is 0.833. The molecule has 1 aliphatic rings. The van der Waals surface area contributed by atoms with E-state index in [1.807, 2.05) is 13.8 Å². The highest BCUT2D eigenvalue weighted by molar-refractivity contribution is 6.03. The van der Waals surface area contributed by atoms with Crippen molar-refractivity contribution < 1.29 is 9.59 Å². The van der Waals surface area contributed by atoms with E-state index in [-0.39, 0.29) is 24.2 Å². The first-order valence-electron chi connectivity index (χ1n) is 6.68. The first kappa shape index (κ1) is 12.8. The number of hydrogen-bond donors (Lipinski definition) is 1. The molecular weight excluding hydrogens is 258 g/mol. The first-order valence-corrected chi connectivity index (χ1v) is 6.68. The molecule has 7 nitrogen and oxygen atoms in total. The van der Waals surface area contributed by atoms with Crippen LogP contribution in [0.25, 0.3) is 5.65 Å². The number of fused-ring (bicyclic) bond motifs is 1. The molecule has 0 aliphatic carbocycles. The minimum atomic E-state index is -0.424. The predicted molar refractivity (Wildman–Crippen MR) is 70.9 cm³/mol. The Labute approximate surface area is 115 Å². The third kappa shape index (κ3) is 1.59. The monoisotopic (exact) mass is 275 g/mol. The van der Waals surface area contributed by atoms with Crippen molar-refractivity contribution >= 4 is 17.5 Å². The molecule has 7 heteroatoms. The average molecular weight is 275 g/mol. The smallest absolute Gasteiger partial charge is 0.233 e. The van der Waals surface area contributed by atoms with Gasteiger partial charge in [0.2, 0.25) is 11.8 Å². The maximum atomic E-state index is 12.1. The van der Waals surface area contributed by atoms with Gasteiger partial charge in [-0.05, 0) is 20.8 Å². The van der Waals surface area contributed by atoms with Crippen LogP contribution in [0.5, 0.6) is 0 Å². The SMILES string of the molecule is Cc1nn2c(C(C)N3C(=O)CC(C)C3=O)n[nH]c2c1C. The number of amides is 2. The molecule has 2 aromatic rings. The molecule has 20 heavy (non-hydrogen) atoms. The molecular formula is C13H17N5O2. The van der Waals surface area contributed by atoms with Crippen molar-refractivity contribution in [1.82, 2.24) is 24.7 Å². The molecule has 3 rings (SSSR count). The van der Waals surface area contributed by atoms with Crippen LogP contribution in [0, 0.1) is 19.8 Å². The van der Waals surface area contributed by atoms with Gasteiger partial charge in [0.25, 0.3) is 0 Å². The van der Waals surface area contributed by atoms with E-state index in [0.29, 0.717) is 5.82 Å². The zero-order valence-corrected chi connectivity index (χ0v) is 12.0. The Morgan fingerprint density at radius 1 is 1.35 bits per heavy atom. The van der Waals surface area contributed by atoms with E-state index < -0.39 is 6.04 Å². The van der Waals surface area contributed by atoms with E-state index in [4.69, 9.17) is 0 Å². The average Bonchev–Trinajstić information content (AvgIpc) is 2.98. The van der Waals surface area contributed by atoms with Crippen LogP contribution < -0.4 is 0 Å². The number of likely N-dealkylation sites (tertiary alicyclic amines) is 1. The molecule has 2 amide bonds. The summed E-state index contributed by atoms with van der Waals surface area (Å²) in [7, 11) is 0. The molecule has 0 saturated carbocycles. The summed E-state index contributed by atoms with van der Waals surface area (Å²) in [5.41, 5.74) is 2.72. The summed E-state index contributed by atoms with van der Waals surface area (Å²) >= 11 is 0. The van der Waals surface area contributed by atoms with Crippen molar-refractivity contribution in [2.45, 2.75) is 40.2 Å². The summed E-state index contributed by atoms with van der Waals surface area (Å²) in [4.78, 5) is 25.4. The normalized spacial score (nSPS) is 21.2. The lowest BCUT2D eigenvalue weighted by Crippen LogP contribution is -2.34. The molecule has 1 aliphatic heterocycles. The van der Waals surface area contributed by atoms with Crippen molar-refractivity contribution in [3.63, 3.8) is 0 Å². The van der Waals surface area contributed by atoms with Gasteiger partial charge in [-0.2, -0.15) is 14.7 Å². The minimum Gasteiger partial charge on any atom is -0.274 e. The first-order chi connectivity index (χ1) is 9.41. The molecule has 106 valence electrons. The van der Waals surface area contributed by atoms with Crippen LogP contribution in [0.4, 0.5) is 0 Å². The second kappa shape index (κ2) is 4.16. The van der Waals surface area contributed by atoms with Gasteiger partial charge in [0.15, 0.2) is 11.5 Å². The Kier molecular flexibility index (Phi) is 2.67. The standard InChI is InChI=1S/C13H17N5O2/c1-6-5-10(19)17(13(6)20)9(4)12-15-14-11-7(2)8(3)16-18(11)12/h6,9,14H,5H2,1-4H3. The molecule has 3 heterocycles. The van der Waals surface area contributed by atoms with E-state index in [2.05, 4.69) is 15.3 Å². The number of carbonyl (C=O) groups excluding carboxylic acids is 2. The number of aromatic nitrogens is 4. The van der Waals surface area contributed by atoms with Gasteiger partial charge >= 0.3 is 0 Å². The highest BCUT2D eigenvalue weighted by Crippen LogP contribution is 2.29. The van der Waals surface area contributed by atoms with E-state index >= 15 is 0 Å². The number of rotatable bonds is 2. The summed E-state index contributed by atoms with van der Waals surface area (Å²) in [6, 6.07) is -0.424. The van der Waals surface area contributed by atoms with Gasteiger partial charge in [0.1, 0.15) is 0 Å². The molecule has 0 aromatic carbocycles. The second-order valence-corrected chi connectivity index (χ2v) is 5.44. The number of nitrogens with zero attached hydrogens (tertiary/aromatic N) is 4. The van der Waals surface area contributed by atoms with E-state index in [1.165, 1.54) is 4.90 Å². The van der Waals surface area contributed by atoms with Crippen molar-refractivity contribution in [3.05, 3.63) is 17.1 Å². The van der Waals surface area contributed by atoms with Crippen LogP contribution in [0.15, 0.2) is 0 Å². The molecule has 0 spiro atoms. The third-order valence-corrected chi connectivity index (χ3v) is 4.02. The maximum absolute atomic E-state index is 12.1. The lowest BCUT2D eigenvalue weighted by molar-refractivity contribution is -0.141. The second-order valence-electron chi connectivity index (χ2n) is 5.44. The molecule has 0 bridgehead atoms. The van der Waals surface area contributed by atoms with Gasteiger partial charge in [-0.25, -0.2) is 0 Å². The number of H-pyrrole nitrogens is 1. The number of nitrogens with one attached hydrogen (secondary N) is 1. The van der Waals surface area contributed by atoms with Gasteiger partial charge in [0.05, 0.1) is 11.7 Å². The Balaban J connectivity index is 2.05. The number of imide groups is 1. The van der Waals surface area contributed by atoms with Crippen LogP contribution in [0.2, 0.25) is 0 Å². The Bertz CT molecular complexity index is 714. The molecule has 2 unspecified atom stereocenters. The molecule has 1 N–H and O–H groups in total. The van der Waals surface area contributed by atoms with E-state index in [0.717, 1.165) is 16.9 Å². The highest BCUT2D eigenvalue weighted by atomic mass is 16.2. The summed E-state index contributed by atoms with van der Waals surface area (Å²) < 4.78 is 1.68. The van der Waals surface area contributed by atoms with Crippen LogP contribution in [-0.2, 0) is 9.59 Å². The van der Waals surface area contributed by atoms with Crippen LogP contribution >= 0.6 is 0 Å². The van der Waals surface area contributed by atoms with Crippen molar-refractivity contribution in [2.24, 2.45) is 5.92 Å². The largest absolute Gasteiger partial charge is 0.274 e. The summed E-state index contributed by atoms with van der Waals surface area (Å²) in [5.74, 6) is 0.0403. The Morgan fingerprint density at radius 3 is 2.65 bits per heavy atom. The van der Waals surface area contributed by atoms with Crippen LogP contribution in [-0.4, -0.2) is 36.5 Å². The molecule has 2 aromatic heterocycles. The number of hydrogen-bond acceptors (Lipinski definition) is 4. The van der Waals surface area contributed by atoms with Crippen LogP contribution in [0.1, 0.15) is 43.4 Å². The molecule has 1 fully saturated rings. The van der Waals surface area contributed by atoms with Gasteiger partial charge < -0.3 is 0 Å². The van der Waals surface area contributed by atoms with Crippen molar-refractivity contribution in [1.29, 1.82) is 0 Å². The highest BCUT2D eigenvalue weighted by Gasteiger charge is 2.40. The molecule has 2 atom stereocenters. The van der Waals surface area contributed by atoms with Crippen LogP contribution in [0.3, 0.4) is 0 Å². The van der Waals surface area contributed by atoms with Gasteiger partial charge in [-0.3, -0.25) is 19.6 Å². The van der Waals surface area contributed by atoms with Crippen molar-refractivity contribution in [2.75, 3.05) is 0 Å². The lowest BCUT2D eigenvalue weighted by atomic mass is 10.1.